The van der Waals surface area contributed by atoms with Crippen LogP contribution in [0.2, 0.25) is 0 Å². The average Bonchev–Trinajstić information content (AvgIpc) is 3.76. The third kappa shape index (κ3) is 4.79. The van der Waals surface area contributed by atoms with E-state index in [1.54, 1.807) is 0 Å². The molecule has 266 valence electrons. The zero-order valence-corrected chi connectivity index (χ0v) is 31.0. The summed E-state index contributed by atoms with van der Waals surface area (Å²) in [6, 6.07) is 77.3. The predicted molar refractivity (Wildman–Crippen MR) is 241 cm³/mol. The fourth-order valence-electron chi connectivity index (χ4n) is 9.31. The van der Waals surface area contributed by atoms with E-state index >= 15 is 0 Å². The molecule has 57 heavy (non-hydrogen) atoms. The molecule has 0 amide bonds. The zero-order valence-electron chi connectivity index (χ0n) is 31.0. The molecule has 0 aliphatic carbocycles. The van der Waals surface area contributed by atoms with Gasteiger partial charge >= 0.3 is 0 Å². The van der Waals surface area contributed by atoms with Gasteiger partial charge in [-0.3, -0.25) is 0 Å². The summed E-state index contributed by atoms with van der Waals surface area (Å²) in [5, 5.41) is 7.64. The SMILES string of the molecule is c1ccc(-c2ccc(N(c3ccccc3)c3ccc(-n4c5cccc6c7ccccc7n7c8cc(-c9ccccc9)ccc8c8ccc4c(c65)c87)cc3)cc2)cc1. The van der Waals surface area contributed by atoms with Crippen LogP contribution in [-0.4, -0.2) is 8.97 Å². The fourth-order valence-corrected chi connectivity index (χ4v) is 9.31. The standard InChI is InChI=1S/C54H35N3/c1-4-13-36(14-5-1)38-23-26-41(27-24-38)55(40-17-8-3-9-18-40)42-28-30-43(31-29-42)56-49-22-12-20-46-44-19-10-11-21-48(44)57-51-35-39(37-15-6-2-7-16-37)25-32-45(51)47-33-34-50(56)53(52(46)49)54(47)57/h1-35H. The molecule has 0 spiro atoms. The van der Waals surface area contributed by atoms with E-state index in [1.165, 1.54) is 82.2 Å². The van der Waals surface area contributed by atoms with Gasteiger partial charge in [-0.15, -0.1) is 0 Å². The molecule has 0 saturated carbocycles. The van der Waals surface area contributed by atoms with Gasteiger partial charge in [0, 0.05) is 49.7 Å². The Bertz CT molecular complexity index is 3420. The molecule has 12 rings (SSSR count). The van der Waals surface area contributed by atoms with E-state index in [9.17, 15) is 0 Å². The van der Waals surface area contributed by atoms with Crippen LogP contribution in [0, 0.1) is 0 Å². The molecule has 3 nitrogen and oxygen atoms in total. The van der Waals surface area contributed by atoms with Gasteiger partial charge in [-0.05, 0) is 100 Å². The molecule has 3 aromatic heterocycles. The maximum absolute atomic E-state index is 2.53. The Kier molecular flexibility index (Phi) is 6.93. The molecule has 9 aromatic carbocycles. The molecular formula is C54H35N3. The lowest BCUT2D eigenvalue weighted by Crippen LogP contribution is -2.10. The minimum atomic E-state index is 1.10. The van der Waals surface area contributed by atoms with E-state index in [0.29, 0.717) is 0 Å². The molecule has 0 radical (unpaired) electrons. The molecule has 0 N–H and O–H groups in total. The first kappa shape index (κ1) is 31.7. The highest BCUT2D eigenvalue weighted by Gasteiger charge is 2.23. The molecule has 0 fully saturated rings. The number of benzene rings is 9. The quantitative estimate of drug-likeness (QED) is 0.166. The maximum Gasteiger partial charge on any atom is 0.0641 e. The lowest BCUT2D eigenvalue weighted by molar-refractivity contribution is 1.17. The second-order valence-electron chi connectivity index (χ2n) is 14.9. The van der Waals surface area contributed by atoms with Crippen LogP contribution in [0.4, 0.5) is 17.1 Å². The van der Waals surface area contributed by atoms with Gasteiger partial charge in [-0.25, -0.2) is 0 Å². The fraction of sp³-hybridized carbons (Fsp3) is 0. The maximum atomic E-state index is 2.53. The largest absolute Gasteiger partial charge is 0.311 e. The second kappa shape index (κ2) is 12.5. The summed E-state index contributed by atoms with van der Waals surface area (Å²) >= 11 is 0. The first-order valence-electron chi connectivity index (χ1n) is 19.6. The van der Waals surface area contributed by atoms with Crippen molar-refractivity contribution in [2.45, 2.75) is 0 Å². The number of hydrogen-bond donors (Lipinski definition) is 0. The van der Waals surface area contributed by atoms with Crippen LogP contribution in [0.5, 0.6) is 0 Å². The van der Waals surface area contributed by atoms with Gasteiger partial charge in [0.2, 0.25) is 0 Å². The van der Waals surface area contributed by atoms with Gasteiger partial charge in [0.15, 0.2) is 0 Å². The van der Waals surface area contributed by atoms with Crippen molar-refractivity contribution in [1.82, 2.24) is 8.97 Å². The van der Waals surface area contributed by atoms with Gasteiger partial charge in [-0.2, -0.15) is 0 Å². The van der Waals surface area contributed by atoms with E-state index in [1.807, 2.05) is 0 Å². The third-order valence-corrected chi connectivity index (χ3v) is 11.8. The molecule has 0 saturated heterocycles. The molecule has 0 unspecified atom stereocenters. The Morgan fingerprint density at radius 2 is 0.807 bits per heavy atom. The topological polar surface area (TPSA) is 12.6 Å². The summed E-state index contributed by atoms with van der Waals surface area (Å²) in [5.74, 6) is 0. The van der Waals surface area contributed by atoms with E-state index < -0.39 is 0 Å². The number of rotatable bonds is 6. The summed E-state index contributed by atoms with van der Waals surface area (Å²) in [4.78, 5) is 2.34. The molecule has 0 atom stereocenters. The van der Waals surface area contributed by atoms with Gasteiger partial charge in [0.25, 0.3) is 0 Å². The molecule has 0 aliphatic heterocycles. The summed E-state index contributed by atoms with van der Waals surface area (Å²) in [5.41, 5.74) is 15.4. The average molecular weight is 726 g/mol. The highest BCUT2D eigenvalue weighted by molar-refractivity contribution is 6.33. The van der Waals surface area contributed by atoms with Crippen molar-refractivity contribution in [3.63, 3.8) is 0 Å². The first-order chi connectivity index (χ1) is 28.3. The summed E-state index contributed by atoms with van der Waals surface area (Å²) in [7, 11) is 0. The smallest absolute Gasteiger partial charge is 0.0641 e. The highest BCUT2D eigenvalue weighted by Crippen LogP contribution is 2.46. The van der Waals surface area contributed by atoms with Crippen LogP contribution in [0.1, 0.15) is 0 Å². The number of fused-ring (bicyclic) bond motifs is 6. The Morgan fingerprint density at radius 1 is 0.298 bits per heavy atom. The van der Waals surface area contributed by atoms with Gasteiger partial charge in [0.05, 0.1) is 27.6 Å². The van der Waals surface area contributed by atoms with Crippen LogP contribution in [0.25, 0.3) is 87.8 Å². The Morgan fingerprint density at radius 3 is 1.54 bits per heavy atom. The molecule has 0 aliphatic rings. The normalized spacial score (nSPS) is 11.9. The van der Waals surface area contributed by atoms with Crippen LogP contribution >= 0.6 is 0 Å². The molecule has 0 bridgehead atoms. The first-order valence-corrected chi connectivity index (χ1v) is 19.6. The van der Waals surface area contributed by atoms with Crippen LogP contribution < -0.4 is 4.90 Å². The molecule has 3 heterocycles. The summed E-state index contributed by atoms with van der Waals surface area (Å²) in [6.07, 6.45) is 0. The van der Waals surface area contributed by atoms with Crippen LogP contribution in [0.3, 0.4) is 0 Å². The number of anilines is 3. The second-order valence-corrected chi connectivity index (χ2v) is 14.9. The Labute approximate surface area is 329 Å². The minimum absolute atomic E-state index is 1.10. The van der Waals surface area contributed by atoms with Gasteiger partial charge < -0.3 is 13.9 Å². The van der Waals surface area contributed by atoms with Crippen molar-refractivity contribution in [2.24, 2.45) is 0 Å². The summed E-state index contributed by atoms with van der Waals surface area (Å²) < 4.78 is 4.99. The van der Waals surface area contributed by atoms with Crippen molar-refractivity contribution >= 4 is 77.0 Å². The predicted octanol–water partition coefficient (Wildman–Crippen LogP) is 14.7. The lowest BCUT2D eigenvalue weighted by Gasteiger charge is -2.26. The monoisotopic (exact) mass is 725 g/mol. The van der Waals surface area contributed by atoms with E-state index in [0.717, 1.165) is 22.7 Å². The molecular weight excluding hydrogens is 691 g/mol. The molecule has 3 heteroatoms. The van der Waals surface area contributed by atoms with Crippen molar-refractivity contribution in [2.75, 3.05) is 4.90 Å². The van der Waals surface area contributed by atoms with Gasteiger partial charge in [0.1, 0.15) is 0 Å². The van der Waals surface area contributed by atoms with Crippen molar-refractivity contribution in [3.05, 3.63) is 212 Å². The van der Waals surface area contributed by atoms with E-state index in [4.69, 9.17) is 0 Å². The van der Waals surface area contributed by atoms with Crippen molar-refractivity contribution < 1.29 is 0 Å². The van der Waals surface area contributed by atoms with Crippen molar-refractivity contribution in [1.29, 1.82) is 0 Å². The third-order valence-electron chi connectivity index (χ3n) is 11.8. The Hall–Kier alpha value is -7.62. The Balaban J connectivity index is 1.07. The van der Waals surface area contributed by atoms with Crippen molar-refractivity contribution in [3.8, 4) is 27.9 Å². The minimum Gasteiger partial charge on any atom is -0.311 e. The van der Waals surface area contributed by atoms with Gasteiger partial charge in [-0.1, -0.05) is 140 Å². The lowest BCUT2D eigenvalue weighted by atomic mass is 10.0. The number of nitrogens with zero attached hydrogens (tertiary/aromatic N) is 3. The summed E-state index contributed by atoms with van der Waals surface area (Å²) in [6.45, 7) is 0. The number of hydrogen-bond acceptors (Lipinski definition) is 1. The van der Waals surface area contributed by atoms with E-state index in [-0.39, 0.29) is 0 Å². The number of aromatic nitrogens is 2. The van der Waals surface area contributed by atoms with Crippen LogP contribution in [-0.2, 0) is 0 Å². The highest BCUT2D eigenvalue weighted by atomic mass is 15.1. The number of para-hydroxylation sites is 2. The molecule has 12 aromatic rings. The van der Waals surface area contributed by atoms with E-state index in [2.05, 4.69) is 226 Å². The van der Waals surface area contributed by atoms with Crippen LogP contribution in [0.15, 0.2) is 212 Å². The zero-order chi connectivity index (χ0) is 37.5.